The molecule has 0 bridgehead atoms. The molecule has 130 valence electrons. The van der Waals surface area contributed by atoms with E-state index in [4.69, 9.17) is 10.5 Å². The Morgan fingerprint density at radius 3 is 2.26 bits per heavy atom. The van der Waals surface area contributed by atoms with Crippen LogP contribution in [0.3, 0.4) is 0 Å². The minimum absolute atomic E-state index is 0.241. The first kappa shape index (κ1) is 17.4. The number of carbonyl (C=O) groups is 1. The third-order valence-electron chi connectivity index (χ3n) is 3.83. The fourth-order valence-corrected chi connectivity index (χ4v) is 2.65. The molecule has 1 amide bonds. The molecule has 2 N–H and O–H groups in total. The van der Waals surface area contributed by atoms with Crippen LogP contribution in [0, 0.1) is 6.92 Å². The number of carbonyl (C=O) groups excluding carboxylic acids is 1. The largest absolute Gasteiger partial charge is 0.444 e. The highest BCUT2D eigenvalue weighted by Crippen LogP contribution is 2.30. The monoisotopic (exact) mass is 323 g/mol. The van der Waals surface area contributed by atoms with Crippen molar-refractivity contribution in [1.82, 2.24) is 14.7 Å². The summed E-state index contributed by atoms with van der Waals surface area (Å²) < 4.78 is 7.40. The molecule has 1 fully saturated rings. The van der Waals surface area contributed by atoms with Gasteiger partial charge in [-0.3, -0.25) is 0 Å². The van der Waals surface area contributed by atoms with Crippen LogP contribution in [0.2, 0.25) is 0 Å². The number of hydrogen-bond acceptors (Lipinski definition) is 5. The molecule has 0 aromatic carbocycles. The van der Waals surface area contributed by atoms with Crippen LogP contribution in [-0.2, 0) is 4.74 Å². The van der Waals surface area contributed by atoms with Gasteiger partial charge in [-0.25, -0.2) is 9.48 Å². The molecule has 1 aromatic rings. The van der Waals surface area contributed by atoms with Gasteiger partial charge in [-0.2, -0.15) is 5.10 Å². The molecule has 1 aliphatic heterocycles. The number of anilines is 2. The number of rotatable bonds is 2. The van der Waals surface area contributed by atoms with Crippen molar-refractivity contribution in [1.29, 1.82) is 0 Å². The summed E-state index contributed by atoms with van der Waals surface area (Å²) >= 11 is 0. The van der Waals surface area contributed by atoms with E-state index in [2.05, 4.69) is 23.8 Å². The van der Waals surface area contributed by atoms with Gasteiger partial charge in [0.1, 0.15) is 5.60 Å². The van der Waals surface area contributed by atoms with Crippen LogP contribution in [0.4, 0.5) is 16.3 Å². The van der Waals surface area contributed by atoms with E-state index in [0.717, 1.165) is 30.3 Å². The maximum atomic E-state index is 12.1. The zero-order valence-corrected chi connectivity index (χ0v) is 15.1. The first-order valence-electron chi connectivity index (χ1n) is 8.17. The van der Waals surface area contributed by atoms with Gasteiger partial charge in [-0.1, -0.05) is 0 Å². The van der Waals surface area contributed by atoms with E-state index >= 15 is 0 Å². The van der Waals surface area contributed by atoms with E-state index in [1.807, 2.05) is 32.4 Å². The molecule has 1 saturated heterocycles. The zero-order valence-electron chi connectivity index (χ0n) is 15.1. The Morgan fingerprint density at radius 2 is 1.78 bits per heavy atom. The third kappa shape index (κ3) is 3.89. The second-order valence-electron chi connectivity index (χ2n) is 7.32. The summed E-state index contributed by atoms with van der Waals surface area (Å²) in [6, 6.07) is 0.241. The van der Waals surface area contributed by atoms with Crippen molar-refractivity contribution in [3.63, 3.8) is 0 Å². The van der Waals surface area contributed by atoms with Crippen LogP contribution in [0.5, 0.6) is 0 Å². The molecule has 0 radical (unpaired) electrons. The normalized spacial score (nSPS) is 16.1. The second-order valence-corrected chi connectivity index (χ2v) is 7.32. The highest BCUT2D eigenvalue weighted by Gasteiger charge is 2.28. The van der Waals surface area contributed by atoms with Crippen LogP contribution in [0.15, 0.2) is 0 Å². The molecular formula is C16H29N5O2. The Balaban J connectivity index is 2.07. The number of aromatic nitrogens is 2. The number of aryl methyl sites for hydroxylation is 1. The van der Waals surface area contributed by atoms with Crippen molar-refractivity contribution in [2.45, 2.75) is 53.2 Å². The lowest BCUT2D eigenvalue weighted by atomic mass is 10.2. The van der Waals surface area contributed by atoms with Crippen molar-refractivity contribution in [2.75, 3.05) is 36.8 Å². The molecule has 7 nitrogen and oxygen atoms in total. The molecule has 7 heteroatoms. The number of nitrogens with two attached hydrogens (primary N) is 1. The summed E-state index contributed by atoms with van der Waals surface area (Å²) in [5.41, 5.74) is 7.33. The van der Waals surface area contributed by atoms with Gasteiger partial charge in [0, 0.05) is 32.2 Å². The lowest BCUT2D eigenvalue weighted by molar-refractivity contribution is 0.0240. The molecule has 23 heavy (non-hydrogen) atoms. The first-order chi connectivity index (χ1) is 10.6. The summed E-state index contributed by atoms with van der Waals surface area (Å²) in [5, 5.41) is 4.53. The lowest BCUT2D eigenvalue weighted by Gasteiger charge is -2.37. The Labute approximate surface area is 138 Å². The quantitative estimate of drug-likeness (QED) is 0.904. The smallest absolute Gasteiger partial charge is 0.410 e. The molecule has 2 rings (SSSR count). The predicted molar refractivity (Wildman–Crippen MR) is 91.8 cm³/mol. The molecule has 2 heterocycles. The van der Waals surface area contributed by atoms with E-state index in [9.17, 15) is 4.79 Å². The molecular weight excluding hydrogens is 294 g/mol. The van der Waals surface area contributed by atoms with Gasteiger partial charge in [0.25, 0.3) is 0 Å². The zero-order chi connectivity index (χ0) is 17.4. The summed E-state index contributed by atoms with van der Waals surface area (Å²) in [7, 11) is 0. The van der Waals surface area contributed by atoms with E-state index in [1.54, 1.807) is 4.90 Å². The summed E-state index contributed by atoms with van der Waals surface area (Å²) in [5.74, 6) is 0.960. The number of nitrogens with zero attached hydrogens (tertiary/aromatic N) is 4. The molecule has 1 aromatic heterocycles. The molecule has 0 spiro atoms. The molecule has 0 atom stereocenters. The average Bonchev–Trinajstić information content (AvgIpc) is 2.73. The van der Waals surface area contributed by atoms with E-state index < -0.39 is 5.60 Å². The highest BCUT2D eigenvalue weighted by atomic mass is 16.6. The first-order valence-corrected chi connectivity index (χ1v) is 8.17. The van der Waals surface area contributed by atoms with Crippen LogP contribution >= 0.6 is 0 Å². The van der Waals surface area contributed by atoms with Gasteiger partial charge < -0.3 is 20.3 Å². The minimum atomic E-state index is -0.466. The van der Waals surface area contributed by atoms with Crippen molar-refractivity contribution < 1.29 is 9.53 Å². The third-order valence-corrected chi connectivity index (χ3v) is 3.83. The topological polar surface area (TPSA) is 76.6 Å². The van der Waals surface area contributed by atoms with Crippen molar-refractivity contribution in [2.24, 2.45) is 0 Å². The predicted octanol–water partition coefficient (Wildman–Crippen LogP) is 2.41. The Hall–Kier alpha value is -1.92. The molecule has 0 aliphatic carbocycles. The van der Waals surface area contributed by atoms with E-state index in [1.165, 1.54) is 0 Å². The van der Waals surface area contributed by atoms with E-state index in [0.29, 0.717) is 13.1 Å². The minimum Gasteiger partial charge on any atom is -0.444 e. The van der Waals surface area contributed by atoms with Crippen LogP contribution in [-0.4, -0.2) is 52.6 Å². The van der Waals surface area contributed by atoms with Crippen LogP contribution in [0.25, 0.3) is 0 Å². The summed E-state index contributed by atoms with van der Waals surface area (Å²) in [6.45, 7) is 14.4. The fraction of sp³-hybridized carbons (Fsp3) is 0.750. The van der Waals surface area contributed by atoms with Crippen molar-refractivity contribution in [3.05, 3.63) is 5.69 Å². The molecule has 0 unspecified atom stereocenters. The SMILES string of the molecule is Cc1nn(C(C)C)c(N2CCN(C(=O)OC(C)(C)C)CC2)c1N. The number of piperazine rings is 1. The Bertz CT molecular complexity index is 566. The molecule has 1 aliphatic rings. The average molecular weight is 323 g/mol. The maximum absolute atomic E-state index is 12.1. The van der Waals surface area contributed by atoms with Gasteiger partial charge in [-0.15, -0.1) is 0 Å². The van der Waals surface area contributed by atoms with Gasteiger partial charge in [0.05, 0.1) is 11.4 Å². The van der Waals surface area contributed by atoms with Gasteiger partial charge in [0.15, 0.2) is 5.82 Å². The van der Waals surface area contributed by atoms with Crippen molar-refractivity contribution in [3.8, 4) is 0 Å². The maximum Gasteiger partial charge on any atom is 0.410 e. The standard InChI is InChI=1S/C16H29N5O2/c1-11(2)21-14(13(17)12(3)18-21)19-7-9-20(10-8-19)15(22)23-16(4,5)6/h11H,7-10,17H2,1-6H3. The number of amides is 1. The summed E-state index contributed by atoms with van der Waals surface area (Å²) in [6.07, 6.45) is -0.251. The highest BCUT2D eigenvalue weighted by molar-refractivity contribution is 5.70. The molecule has 0 saturated carbocycles. The number of nitrogen functional groups attached to an aromatic ring is 1. The number of ether oxygens (including phenoxy) is 1. The van der Waals surface area contributed by atoms with Crippen molar-refractivity contribution >= 4 is 17.6 Å². The van der Waals surface area contributed by atoms with Gasteiger partial charge >= 0.3 is 6.09 Å². The van der Waals surface area contributed by atoms with Crippen LogP contribution < -0.4 is 10.6 Å². The lowest BCUT2D eigenvalue weighted by Crippen LogP contribution is -2.50. The Morgan fingerprint density at radius 1 is 1.22 bits per heavy atom. The second kappa shape index (κ2) is 6.29. The van der Waals surface area contributed by atoms with E-state index in [-0.39, 0.29) is 12.1 Å². The van der Waals surface area contributed by atoms with Crippen LogP contribution in [0.1, 0.15) is 46.4 Å². The van der Waals surface area contributed by atoms with Gasteiger partial charge in [0.2, 0.25) is 0 Å². The fourth-order valence-electron chi connectivity index (χ4n) is 2.65. The summed E-state index contributed by atoms with van der Waals surface area (Å²) in [4.78, 5) is 16.1. The van der Waals surface area contributed by atoms with Gasteiger partial charge in [-0.05, 0) is 41.5 Å². The Kier molecular flexibility index (Phi) is 4.77. The number of hydrogen-bond donors (Lipinski definition) is 1.